The lowest BCUT2D eigenvalue weighted by molar-refractivity contribution is -0.118. The van der Waals surface area contributed by atoms with Crippen molar-refractivity contribution in [1.29, 1.82) is 0 Å². The number of nitrogens with one attached hydrogen (secondary N) is 2. The van der Waals surface area contributed by atoms with Crippen LogP contribution >= 0.6 is 0 Å². The Kier molecular flexibility index (Phi) is 6.19. The number of hydrogen-bond donors (Lipinski definition) is 2. The Morgan fingerprint density at radius 3 is 1.30 bits per heavy atom. The van der Waals surface area contributed by atoms with Gasteiger partial charge in [0.05, 0.1) is 0 Å². The van der Waals surface area contributed by atoms with E-state index in [1.807, 2.05) is 84.9 Å². The molecule has 37 heavy (non-hydrogen) atoms. The number of benzene rings is 4. The third-order valence-corrected chi connectivity index (χ3v) is 7.19. The maximum Gasteiger partial charge on any atom is 0.228 e. The highest BCUT2D eigenvalue weighted by molar-refractivity contribution is 5.96. The van der Waals surface area contributed by atoms with Gasteiger partial charge in [-0.25, -0.2) is 0 Å². The molecule has 0 aliphatic heterocycles. The van der Waals surface area contributed by atoms with Crippen LogP contribution in [0.2, 0.25) is 0 Å². The third-order valence-electron chi connectivity index (χ3n) is 7.19. The van der Waals surface area contributed by atoms with Crippen molar-refractivity contribution < 1.29 is 14.3 Å². The Morgan fingerprint density at radius 2 is 0.919 bits per heavy atom. The van der Waals surface area contributed by atoms with E-state index >= 15 is 0 Å². The molecule has 2 saturated carbocycles. The van der Waals surface area contributed by atoms with Crippen molar-refractivity contribution in [3.05, 3.63) is 120 Å². The van der Waals surface area contributed by atoms with E-state index in [1.54, 1.807) is 0 Å². The van der Waals surface area contributed by atoms with Gasteiger partial charge in [-0.3, -0.25) is 9.59 Å². The van der Waals surface area contributed by atoms with E-state index < -0.39 is 0 Å². The summed E-state index contributed by atoms with van der Waals surface area (Å²) in [6, 6.07) is 35.1. The van der Waals surface area contributed by atoms with Gasteiger partial charge < -0.3 is 15.4 Å². The largest absolute Gasteiger partial charge is 0.457 e. The molecule has 2 amide bonds. The second-order valence-corrected chi connectivity index (χ2v) is 9.85. The first-order valence-electron chi connectivity index (χ1n) is 12.7. The van der Waals surface area contributed by atoms with Crippen LogP contribution in [0.25, 0.3) is 0 Å². The van der Waals surface area contributed by atoms with Gasteiger partial charge in [-0.15, -0.1) is 0 Å². The molecule has 0 spiro atoms. The Morgan fingerprint density at radius 1 is 0.541 bits per heavy atom. The molecule has 0 bridgehead atoms. The summed E-state index contributed by atoms with van der Waals surface area (Å²) >= 11 is 0. The summed E-state index contributed by atoms with van der Waals surface area (Å²) in [4.78, 5) is 25.2. The van der Waals surface area contributed by atoms with Gasteiger partial charge >= 0.3 is 0 Å². The lowest BCUT2D eigenvalue weighted by atomic mass is 10.1. The molecule has 2 fully saturated rings. The van der Waals surface area contributed by atoms with E-state index in [4.69, 9.17) is 4.74 Å². The molecule has 0 saturated heterocycles. The maximum absolute atomic E-state index is 12.6. The van der Waals surface area contributed by atoms with Crippen LogP contribution in [0.15, 0.2) is 109 Å². The number of ether oxygens (including phenoxy) is 1. The second-order valence-electron chi connectivity index (χ2n) is 9.85. The minimum absolute atomic E-state index is 0.0291. The molecule has 2 aliphatic carbocycles. The van der Waals surface area contributed by atoms with Crippen molar-refractivity contribution in [2.24, 2.45) is 11.8 Å². The Bertz CT molecular complexity index is 1280. The van der Waals surface area contributed by atoms with Crippen LogP contribution in [0, 0.1) is 11.8 Å². The summed E-state index contributed by atoms with van der Waals surface area (Å²) < 4.78 is 5.94. The minimum Gasteiger partial charge on any atom is -0.457 e. The molecular weight excluding hydrogens is 460 g/mol. The van der Waals surface area contributed by atoms with E-state index in [0.717, 1.165) is 24.2 Å². The third kappa shape index (κ3) is 5.41. The van der Waals surface area contributed by atoms with Gasteiger partial charge in [-0.1, -0.05) is 60.7 Å². The topological polar surface area (TPSA) is 67.4 Å². The van der Waals surface area contributed by atoms with Crippen LogP contribution in [0.4, 0.5) is 11.4 Å². The number of rotatable bonds is 8. The van der Waals surface area contributed by atoms with Gasteiger partial charge in [0, 0.05) is 23.2 Å². The van der Waals surface area contributed by atoms with Gasteiger partial charge in [0.25, 0.3) is 0 Å². The van der Waals surface area contributed by atoms with Gasteiger partial charge in [-0.2, -0.15) is 0 Å². The van der Waals surface area contributed by atoms with Crippen molar-refractivity contribution >= 4 is 23.2 Å². The molecule has 4 atom stereocenters. The number of amides is 2. The lowest BCUT2D eigenvalue weighted by Gasteiger charge is -2.10. The molecule has 5 heteroatoms. The molecule has 0 heterocycles. The van der Waals surface area contributed by atoms with Gasteiger partial charge in [-0.05, 0) is 84.3 Å². The van der Waals surface area contributed by atoms with Crippen LogP contribution in [0.5, 0.6) is 11.5 Å². The predicted molar refractivity (Wildman–Crippen MR) is 145 cm³/mol. The summed E-state index contributed by atoms with van der Waals surface area (Å²) in [6.45, 7) is 0. The van der Waals surface area contributed by atoms with Gasteiger partial charge in [0.2, 0.25) is 11.8 Å². The number of hydrogen-bond acceptors (Lipinski definition) is 3. The first-order valence-corrected chi connectivity index (χ1v) is 12.7. The summed E-state index contributed by atoms with van der Waals surface area (Å²) in [7, 11) is 0. The molecule has 2 aliphatic rings. The average molecular weight is 489 g/mol. The monoisotopic (exact) mass is 488 g/mol. The van der Waals surface area contributed by atoms with Crippen LogP contribution in [0.1, 0.15) is 35.8 Å². The summed E-state index contributed by atoms with van der Waals surface area (Å²) in [5.74, 6) is 2.14. The molecule has 4 aromatic carbocycles. The summed E-state index contributed by atoms with van der Waals surface area (Å²) in [5, 5.41) is 6.03. The van der Waals surface area contributed by atoms with Crippen LogP contribution in [-0.4, -0.2) is 11.8 Å². The quantitative estimate of drug-likeness (QED) is 0.282. The zero-order chi connectivity index (χ0) is 25.2. The van der Waals surface area contributed by atoms with E-state index in [1.165, 1.54) is 11.1 Å². The second kappa shape index (κ2) is 9.94. The standard InChI is InChI=1S/C32H28N2O3/c35-31(29-19-27(29)21-7-3-1-4-8-21)33-23-11-15-25(16-12-23)37-26-17-13-24(14-18-26)34-32(36)30-20-28(30)22-9-5-2-6-10-22/h1-18,27-30H,19-20H2,(H,33,35)(H,34,36). The fraction of sp³-hybridized carbons (Fsp3) is 0.188. The van der Waals surface area contributed by atoms with E-state index in [2.05, 4.69) is 34.9 Å². The molecule has 0 aromatic heterocycles. The number of carbonyl (C=O) groups excluding carboxylic acids is 2. The summed E-state index contributed by atoms with van der Waals surface area (Å²) in [5.41, 5.74) is 3.95. The maximum atomic E-state index is 12.6. The van der Waals surface area contributed by atoms with Crippen molar-refractivity contribution in [2.45, 2.75) is 24.7 Å². The number of carbonyl (C=O) groups is 2. The lowest BCUT2D eigenvalue weighted by Crippen LogP contribution is -2.14. The first kappa shape index (κ1) is 23.0. The Hall–Kier alpha value is -4.38. The highest BCUT2D eigenvalue weighted by atomic mass is 16.5. The normalized spacial score (nSPS) is 21.5. The highest BCUT2D eigenvalue weighted by Gasteiger charge is 2.44. The number of anilines is 2. The van der Waals surface area contributed by atoms with Crippen LogP contribution < -0.4 is 15.4 Å². The Labute approximate surface area is 216 Å². The first-order chi connectivity index (χ1) is 18.1. The fourth-order valence-electron chi connectivity index (χ4n) is 4.93. The molecule has 4 aromatic rings. The SMILES string of the molecule is O=C(Nc1ccc(Oc2ccc(NC(=O)C3CC3c3ccccc3)cc2)cc1)C1CC1c1ccccc1. The fourth-order valence-corrected chi connectivity index (χ4v) is 4.93. The molecule has 5 nitrogen and oxygen atoms in total. The van der Waals surface area contributed by atoms with Gasteiger partial charge in [0.15, 0.2) is 0 Å². The van der Waals surface area contributed by atoms with Crippen LogP contribution in [0.3, 0.4) is 0 Å². The molecule has 2 N–H and O–H groups in total. The molecule has 184 valence electrons. The predicted octanol–water partition coefficient (Wildman–Crippen LogP) is 6.96. The smallest absolute Gasteiger partial charge is 0.228 e. The van der Waals surface area contributed by atoms with Crippen molar-refractivity contribution in [3.63, 3.8) is 0 Å². The molecule has 0 radical (unpaired) electrons. The minimum atomic E-state index is 0.0291. The van der Waals surface area contributed by atoms with E-state index in [0.29, 0.717) is 23.3 Å². The highest BCUT2D eigenvalue weighted by Crippen LogP contribution is 2.48. The van der Waals surface area contributed by atoms with Crippen molar-refractivity contribution in [2.75, 3.05) is 10.6 Å². The zero-order valence-electron chi connectivity index (χ0n) is 20.3. The zero-order valence-corrected chi connectivity index (χ0v) is 20.3. The Balaban J connectivity index is 0.985. The van der Waals surface area contributed by atoms with Crippen LogP contribution in [-0.2, 0) is 9.59 Å². The van der Waals surface area contributed by atoms with Crippen molar-refractivity contribution in [3.8, 4) is 11.5 Å². The molecular formula is C32H28N2O3. The molecule has 4 unspecified atom stereocenters. The van der Waals surface area contributed by atoms with E-state index in [9.17, 15) is 9.59 Å². The molecule has 6 rings (SSSR count). The van der Waals surface area contributed by atoms with E-state index in [-0.39, 0.29) is 23.7 Å². The summed E-state index contributed by atoms with van der Waals surface area (Å²) in [6.07, 6.45) is 1.78. The average Bonchev–Trinajstić information content (AvgIpc) is 3.86. The van der Waals surface area contributed by atoms with Crippen molar-refractivity contribution in [1.82, 2.24) is 0 Å². The van der Waals surface area contributed by atoms with Gasteiger partial charge in [0.1, 0.15) is 11.5 Å².